The van der Waals surface area contributed by atoms with Crippen LogP contribution in [-0.2, 0) is 9.53 Å². The highest BCUT2D eigenvalue weighted by Gasteiger charge is 2.16. The van der Waals surface area contributed by atoms with Crippen molar-refractivity contribution < 1.29 is 23.5 Å². The zero-order chi connectivity index (χ0) is 15.3. The van der Waals surface area contributed by atoms with Crippen LogP contribution in [0.4, 0.5) is 4.39 Å². The van der Waals surface area contributed by atoms with Crippen LogP contribution in [-0.4, -0.2) is 31.1 Å². The van der Waals surface area contributed by atoms with Crippen LogP contribution in [0.25, 0.3) is 0 Å². The van der Waals surface area contributed by atoms with Gasteiger partial charge in [-0.05, 0) is 39.0 Å². The molecule has 0 unspecified atom stereocenters. The Kier molecular flexibility index (Phi) is 5.07. The van der Waals surface area contributed by atoms with Crippen molar-refractivity contribution in [2.75, 3.05) is 13.7 Å². The molecule has 0 aliphatic rings. The minimum absolute atomic E-state index is 0.0202. The number of nitrogens with one attached hydrogen (secondary N) is 1. The maximum absolute atomic E-state index is 13.4. The van der Waals surface area contributed by atoms with E-state index >= 15 is 0 Å². The number of carbonyl (C=O) groups excluding carboxylic acids is 2. The number of benzene rings is 1. The maximum Gasteiger partial charge on any atom is 0.338 e. The summed E-state index contributed by atoms with van der Waals surface area (Å²) < 4.78 is 23.0. The third-order valence-corrected chi connectivity index (χ3v) is 2.24. The SMILES string of the molecule is COc1ccc(C(=O)OCC(=O)NC(C)(C)C)cc1F. The van der Waals surface area contributed by atoms with Crippen LogP contribution in [0.3, 0.4) is 0 Å². The van der Waals surface area contributed by atoms with Gasteiger partial charge in [-0.3, -0.25) is 4.79 Å². The molecular weight excluding hydrogens is 265 g/mol. The lowest BCUT2D eigenvalue weighted by Crippen LogP contribution is -2.42. The van der Waals surface area contributed by atoms with Crippen LogP contribution < -0.4 is 10.1 Å². The first-order valence-corrected chi connectivity index (χ1v) is 6.04. The van der Waals surface area contributed by atoms with Crippen molar-refractivity contribution >= 4 is 11.9 Å². The van der Waals surface area contributed by atoms with Gasteiger partial charge in [0.15, 0.2) is 18.2 Å². The Bertz CT molecular complexity index is 508. The van der Waals surface area contributed by atoms with E-state index in [2.05, 4.69) is 5.32 Å². The Hall–Kier alpha value is -2.11. The van der Waals surface area contributed by atoms with E-state index in [1.54, 1.807) is 0 Å². The second-order valence-corrected chi connectivity index (χ2v) is 5.22. The molecule has 1 aromatic rings. The minimum Gasteiger partial charge on any atom is -0.494 e. The first kappa shape index (κ1) is 15.9. The lowest BCUT2D eigenvalue weighted by Gasteiger charge is -2.20. The number of halogens is 1. The zero-order valence-electron chi connectivity index (χ0n) is 12.0. The molecule has 0 atom stereocenters. The number of hydrogen-bond donors (Lipinski definition) is 1. The summed E-state index contributed by atoms with van der Waals surface area (Å²) in [5.41, 5.74) is -0.387. The van der Waals surface area contributed by atoms with Gasteiger partial charge in [0.1, 0.15) is 0 Å². The largest absolute Gasteiger partial charge is 0.494 e. The van der Waals surface area contributed by atoms with E-state index in [0.717, 1.165) is 6.07 Å². The summed E-state index contributed by atoms with van der Waals surface area (Å²) in [6, 6.07) is 3.69. The molecule has 0 aromatic heterocycles. The molecule has 1 aromatic carbocycles. The molecule has 1 amide bonds. The molecule has 20 heavy (non-hydrogen) atoms. The molecule has 0 saturated carbocycles. The van der Waals surface area contributed by atoms with E-state index in [-0.39, 0.29) is 11.3 Å². The second kappa shape index (κ2) is 6.36. The number of methoxy groups -OCH3 is 1. The Morgan fingerprint density at radius 1 is 1.30 bits per heavy atom. The fourth-order valence-electron chi connectivity index (χ4n) is 1.46. The van der Waals surface area contributed by atoms with E-state index < -0.39 is 29.8 Å². The van der Waals surface area contributed by atoms with E-state index in [0.29, 0.717) is 0 Å². The molecule has 0 aliphatic heterocycles. The monoisotopic (exact) mass is 283 g/mol. The molecule has 0 aliphatic carbocycles. The van der Waals surface area contributed by atoms with Gasteiger partial charge in [0.25, 0.3) is 5.91 Å². The quantitative estimate of drug-likeness (QED) is 0.857. The molecular formula is C14H18FNO4. The molecule has 0 bridgehead atoms. The third kappa shape index (κ3) is 4.87. The van der Waals surface area contributed by atoms with Gasteiger partial charge in [-0.15, -0.1) is 0 Å². The molecule has 110 valence electrons. The van der Waals surface area contributed by atoms with E-state index in [1.807, 2.05) is 20.8 Å². The lowest BCUT2D eigenvalue weighted by atomic mass is 10.1. The van der Waals surface area contributed by atoms with Crippen LogP contribution in [0, 0.1) is 5.82 Å². The molecule has 0 spiro atoms. The van der Waals surface area contributed by atoms with Gasteiger partial charge in [-0.2, -0.15) is 0 Å². The van der Waals surface area contributed by atoms with Gasteiger partial charge in [0.05, 0.1) is 12.7 Å². The second-order valence-electron chi connectivity index (χ2n) is 5.22. The van der Waals surface area contributed by atoms with Crippen molar-refractivity contribution in [3.05, 3.63) is 29.6 Å². The van der Waals surface area contributed by atoms with Crippen LogP contribution in [0.1, 0.15) is 31.1 Å². The fraction of sp³-hybridized carbons (Fsp3) is 0.429. The van der Waals surface area contributed by atoms with Gasteiger partial charge < -0.3 is 14.8 Å². The Morgan fingerprint density at radius 3 is 2.45 bits per heavy atom. The van der Waals surface area contributed by atoms with Crippen LogP contribution in [0.5, 0.6) is 5.75 Å². The summed E-state index contributed by atoms with van der Waals surface area (Å²) in [7, 11) is 1.33. The van der Waals surface area contributed by atoms with Crippen molar-refractivity contribution in [2.24, 2.45) is 0 Å². The highest BCUT2D eigenvalue weighted by Crippen LogP contribution is 2.18. The average Bonchev–Trinajstić information content (AvgIpc) is 2.33. The Balaban J connectivity index is 2.59. The Labute approximate surface area is 117 Å². The standard InChI is InChI=1S/C14H18FNO4/c1-14(2,3)16-12(17)8-20-13(18)9-5-6-11(19-4)10(15)7-9/h5-7H,8H2,1-4H3,(H,16,17). The molecule has 1 rings (SSSR count). The molecule has 0 heterocycles. The fourth-order valence-corrected chi connectivity index (χ4v) is 1.46. The van der Waals surface area contributed by atoms with Crippen LogP contribution in [0.2, 0.25) is 0 Å². The highest BCUT2D eigenvalue weighted by atomic mass is 19.1. The summed E-state index contributed by atoms with van der Waals surface area (Å²) in [5.74, 6) is -1.82. The highest BCUT2D eigenvalue weighted by molar-refractivity contribution is 5.91. The van der Waals surface area contributed by atoms with Gasteiger partial charge in [-0.1, -0.05) is 0 Å². The number of amides is 1. The van der Waals surface area contributed by atoms with Crippen molar-refractivity contribution in [1.29, 1.82) is 0 Å². The minimum atomic E-state index is -0.768. The third-order valence-electron chi connectivity index (χ3n) is 2.24. The average molecular weight is 283 g/mol. The molecule has 0 saturated heterocycles. The van der Waals surface area contributed by atoms with Crippen LogP contribution in [0.15, 0.2) is 18.2 Å². The zero-order valence-corrected chi connectivity index (χ0v) is 12.0. The van der Waals surface area contributed by atoms with Crippen molar-refractivity contribution in [3.8, 4) is 5.75 Å². The number of rotatable bonds is 4. The predicted molar refractivity (Wildman–Crippen MR) is 71.1 cm³/mol. The predicted octanol–water partition coefficient (Wildman–Crippen LogP) is 1.91. The number of carbonyl (C=O) groups is 2. The summed E-state index contributed by atoms with van der Waals surface area (Å²) in [6.45, 7) is 5.02. The number of ether oxygens (including phenoxy) is 2. The lowest BCUT2D eigenvalue weighted by molar-refractivity contribution is -0.125. The molecule has 0 radical (unpaired) electrons. The van der Waals surface area contributed by atoms with Crippen molar-refractivity contribution in [3.63, 3.8) is 0 Å². The van der Waals surface area contributed by atoms with Crippen molar-refractivity contribution in [1.82, 2.24) is 5.32 Å². The smallest absolute Gasteiger partial charge is 0.338 e. The topological polar surface area (TPSA) is 64.6 Å². The van der Waals surface area contributed by atoms with E-state index in [4.69, 9.17) is 9.47 Å². The first-order valence-electron chi connectivity index (χ1n) is 6.04. The summed E-state index contributed by atoms with van der Waals surface area (Å²) in [6.07, 6.45) is 0. The number of hydrogen-bond acceptors (Lipinski definition) is 4. The Morgan fingerprint density at radius 2 is 1.95 bits per heavy atom. The van der Waals surface area contributed by atoms with Gasteiger partial charge >= 0.3 is 5.97 Å². The normalized spacial score (nSPS) is 10.8. The summed E-state index contributed by atoms with van der Waals surface area (Å²) in [4.78, 5) is 23.1. The van der Waals surface area contributed by atoms with E-state index in [1.165, 1.54) is 19.2 Å². The first-order chi connectivity index (χ1) is 9.23. The maximum atomic E-state index is 13.4. The molecule has 6 heteroatoms. The summed E-state index contributed by atoms with van der Waals surface area (Å²) >= 11 is 0. The molecule has 0 fully saturated rings. The van der Waals surface area contributed by atoms with E-state index in [9.17, 15) is 14.0 Å². The number of esters is 1. The van der Waals surface area contributed by atoms with Gasteiger partial charge in [-0.25, -0.2) is 9.18 Å². The van der Waals surface area contributed by atoms with Crippen molar-refractivity contribution in [2.45, 2.75) is 26.3 Å². The molecule has 1 N–H and O–H groups in total. The van der Waals surface area contributed by atoms with Gasteiger partial charge in [0, 0.05) is 5.54 Å². The van der Waals surface area contributed by atoms with Gasteiger partial charge in [0.2, 0.25) is 0 Å². The van der Waals surface area contributed by atoms with Crippen LogP contribution >= 0.6 is 0 Å². The molecule has 5 nitrogen and oxygen atoms in total. The summed E-state index contributed by atoms with van der Waals surface area (Å²) in [5, 5.41) is 2.65.